The number of rotatable bonds is 4. The number of thiophene rings is 1. The molecule has 0 spiro atoms. The van der Waals surface area contributed by atoms with Crippen LogP contribution in [-0.4, -0.2) is 15.0 Å². The zero-order valence-electron chi connectivity index (χ0n) is 13.7. The molecule has 5 heterocycles. The molecule has 0 aliphatic carbocycles. The van der Waals surface area contributed by atoms with Crippen molar-refractivity contribution in [3.05, 3.63) is 59.4 Å². The van der Waals surface area contributed by atoms with E-state index in [0.29, 0.717) is 17.7 Å². The summed E-state index contributed by atoms with van der Waals surface area (Å²) in [7, 11) is 0. The lowest BCUT2D eigenvalue weighted by atomic mass is 10.0. The molecule has 0 amide bonds. The first-order chi connectivity index (χ1) is 12.8. The van der Waals surface area contributed by atoms with E-state index in [4.69, 9.17) is 10.2 Å². The van der Waals surface area contributed by atoms with Crippen LogP contribution in [0.15, 0.2) is 68.2 Å². The molecule has 5 aromatic rings. The molecule has 0 saturated carbocycles. The number of H-pyrrole nitrogens is 1. The summed E-state index contributed by atoms with van der Waals surface area (Å²) in [5.41, 5.74) is 5.92. The summed E-state index contributed by atoms with van der Waals surface area (Å²) in [6.45, 7) is 0. The monoisotopic (exact) mass is 366 g/mol. The van der Waals surface area contributed by atoms with E-state index >= 15 is 0 Å². The summed E-state index contributed by atoms with van der Waals surface area (Å²) in [5, 5.41) is 3.78. The lowest BCUT2D eigenvalue weighted by Crippen LogP contribution is -1.84. The van der Waals surface area contributed by atoms with E-state index in [-0.39, 0.29) is 0 Å². The average Bonchev–Trinajstić information content (AvgIpc) is 3.43. The Kier molecular flexibility index (Phi) is 3.15. The molecular formula is C18H11N3O2S2. The second-order valence-corrected chi connectivity index (χ2v) is 6.82. The zero-order chi connectivity index (χ0) is 17.5. The standard InChI is InChI=1S/C18H11N3O2S2/c1-4-19-15(12(1)18-20-5-7-23-18)11-2-6-22-16(11)13-3-8-25-17(13)14-9-24-10-21-14/h1-10,19H/i3D. The fourth-order valence-electron chi connectivity index (χ4n) is 2.78. The molecule has 1 N–H and O–H groups in total. The Bertz CT molecular complexity index is 1150. The predicted octanol–water partition coefficient (Wildman–Crippen LogP) is 5.78. The Hall–Kier alpha value is -2.90. The van der Waals surface area contributed by atoms with Crippen molar-refractivity contribution in [2.75, 3.05) is 0 Å². The summed E-state index contributed by atoms with van der Waals surface area (Å²) in [6.07, 6.45) is 6.63. The van der Waals surface area contributed by atoms with Gasteiger partial charge < -0.3 is 13.8 Å². The Balaban J connectivity index is 1.70. The first kappa shape index (κ1) is 13.4. The molecule has 0 aliphatic heterocycles. The van der Waals surface area contributed by atoms with E-state index in [1.807, 2.05) is 23.7 Å². The number of hydrogen-bond acceptors (Lipinski definition) is 6. The molecule has 0 unspecified atom stereocenters. The van der Waals surface area contributed by atoms with Crippen molar-refractivity contribution in [1.82, 2.24) is 15.0 Å². The van der Waals surface area contributed by atoms with Crippen LogP contribution in [0.25, 0.3) is 44.6 Å². The van der Waals surface area contributed by atoms with E-state index < -0.39 is 0 Å². The second-order valence-electron chi connectivity index (χ2n) is 5.22. The molecule has 5 aromatic heterocycles. The van der Waals surface area contributed by atoms with Crippen molar-refractivity contribution in [3.63, 3.8) is 0 Å². The van der Waals surface area contributed by atoms with Crippen LogP contribution < -0.4 is 0 Å². The molecule has 0 saturated heterocycles. The van der Waals surface area contributed by atoms with Gasteiger partial charge in [0.25, 0.3) is 0 Å². The van der Waals surface area contributed by atoms with E-state index in [0.717, 1.165) is 33.0 Å². The van der Waals surface area contributed by atoms with Gasteiger partial charge in [-0.15, -0.1) is 22.7 Å². The highest BCUT2D eigenvalue weighted by atomic mass is 32.1. The first-order valence-electron chi connectivity index (χ1n) is 7.95. The molecule has 0 atom stereocenters. The van der Waals surface area contributed by atoms with Crippen molar-refractivity contribution in [2.24, 2.45) is 0 Å². The molecule has 0 bridgehead atoms. The molecule has 0 aromatic carbocycles. The number of thiazole rings is 1. The maximum Gasteiger partial charge on any atom is 0.228 e. The largest absolute Gasteiger partial charge is 0.464 e. The molecule has 0 fully saturated rings. The average molecular weight is 366 g/mol. The van der Waals surface area contributed by atoms with Gasteiger partial charge in [-0.05, 0) is 23.6 Å². The van der Waals surface area contributed by atoms with Crippen molar-refractivity contribution < 1.29 is 10.2 Å². The molecule has 122 valence electrons. The van der Waals surface area contributed by atoms with Crippen LogP contribution >= 0.6 is 22.7 Å². The fourth-order valence-corrected chi connectivity index (χ4v) is 4.19. The van der Waals surface area contributed by atoms with Gasteiger partial charge in [-0.2, -0.15) is 0 Å². The first-order valence-corrected chi connectivity index (χ1v) is 9.27. The van der Waals surface area contributed by atoms with Crippen LogP contribution in [0.4, 0.5) is 0 Å². The minimum Gasteiger partial charge on any atom is -0.464 e. The summed E-state index contributed by atoms with van der Waals surface area (Å²) >= 11 is 3.02. The molecule has 5 rings (SSSR count). The third kappa shape index (κ3) is 2.36. The van der Waals surface area contributed by atoms with Crippen molar-refractivity contribution in [1.29, 1.82) is 0 Å². The molecule has 0 aliphatic rings. The number of nitrogens with one attached hydrogen (secondary N) is 1. The maximum atomic E-state index is 8.37. The van der Waals surface area contributed by atoms with Gasteiger partial charge in [-0.3, -0.25) is 0 Å². The number of hydrogen-bond donors (Lipinski definition) is 1. The Morgan fingerprint density at radius 3 is 2.92 bits per heavy atom. The number of aromatic amines is 1. The Labute approximate surface area is 152 Å². The number of aromatic nitrogens is 3. The highest BCUT2D eigenvalue weighted by Crippen LogP contribution is 2.43. The van der Waals surface area contributed by atoms with E-state index in [2.05, 4.69) is 15.0 Å². The normalized spacial score (nSPS) is 11.8. The minimum absolute atomic E-state index is 0.415. The minimum atomic E-state index is 0.415. The summed E-state index contributed by atoms with van der Waals surface area (Å²) in [5.74, 6) is 1.17. The van der Waals surface area contributed by atoms with Crippen LogP contribution in [0.1, 0.15) is 1.37 Å². The summed E-state index contributed by atoms with van der Waals surface area (Å²) in [4.78, 5) is 12.8. The van der Waals surface area contributed by atoms with E-state index in [9.17, 15) is 0 Å². The Morgan fingerprint density at radius 1 is 1.08 bits per heavy atom. The van der Waals surface area contributed by atoms with Gasteiger partial charge in [0.15, 0.2) is 0 Å². The SMILES string of the molecule is [2H]c1csc(-c2cscn2)c1-c1occc1-c1[nH]ccc1-c1ncco1. The fraction of sp³-hybridized carbons (Fsp3) is 0. The molecule has 7 heteroatoms. The number of nitrogens with zero attached hydrogens (tertiary/aromatic N) is 2. The van der Waals surface area contributed by atoms with Gasteiger partial charge in [0, 0.05) is 22.7 Å². The van der Waals surface area contributed by atoms with Gasteiger partial charge in [0.1, 0.15) is 12.0 Å². The number of oxazole rings is 1. The summed E-state index contributed by atoms with van der Waals surface area (Å²) < 4.78 is 19.6. The molecular weight excluding hydrogens is 354 g/mol. The van der Waals surface area contributed by atoms with E-state index in [1.165, 1.54) is 22.7 Å². The van der Waals surface area contributed by atoms with Crippen molar-refractivity contribution >= 4 is 22.7 Å². The van der Waals surface area contributed by atoms with Gasteiger partial charge in [-0.1, -0.05) is 0 Å². The van der Waals surface area contributed by atoms with Crippen molar-refractivity contribution in [3.8, 4) is 44.6 Å². The Morgan fingerprint density at radius 2 is 2.08 bits per heavy atom. The smallest absolute Gasteiger partial charge is 0.228 e. The zero-order valence-corrected chi connectivity index (χ0v) is 14.4. The van der Waals surface area contributed by atoms with Crippen LogP contribution in [0, 0.1) is 0 Å². The van der Waals surface area contributed by atoms with Crippen LogP contribution in [0.3, 0.4) is 0 Å². The molecule has 5 nitrogen and oxygen atoms in total. The van der Waals surface area contributed by atoms with Crippen LogP contribution in [-0.2, 0) is 0 Å². The van der Waals surface area contributed by atoms with Crippen LogP contribution in [0.5, 0.6) is 0 Å². The highest BCUT2D eigenvalue weighted by molar-refractivity contribution is 7.14. The predicted molar refractivity (Wildman–Crippen MR) is 98.4 cm³/mol. The topological polar surface area (TPSA) is 67.8 Å². The second kappa shape index (κ2) is 5.87. The third-order valence-corrected chi connectivity index (χ3v) is 5.31. The molecule has 25 heavy (non-hydrogen) atoms. The van der Waals surface area contributed by atoms with Gasteiger partial charge in [0.2, 0.25) is 5.89 Å². The lowest BCUT2D eigenvalue weighted by molar-refractivity contribution is 0.575. The van der Waals surface area contributed by atoms with Gasteiger partial charge in [-0.25, -0.2) is 9.97 Å². The molecule has 0 radical (unpaired) electrons. The summed E-state index contributed by atoms with van der Waals surface area (Å²) in [6, 6.07) is 4.21. The van der Waals surface area contributed by atoms with Crippen molar-refractivity contribution in [2.45, 2.75) is 0 Å². The van der Waals surface area contributed by atoms with E-state index in [1.54, 1.807) is 29.6 Å². The number of furan rings is 1. The highest BCUT2D eigenvalue weighted by Gasteiger charge is 2.21. The maximum absolute atomic E-state index is 8.37. The lowest BCUT2D eigenvalue weighted by Gasteiger charge is -2.04. The van der Waals surface area contributed by atoms with Crippen LogP contribution in [0.2, 0.25) is 0 Å². The quantitative estimate of drug-likeness (QED) is 0.438. The van der Waals surface area contributed by atoms with Gasteiger partial charge in [0.05, 0.1) is 41.2 Å². The third-order valence-electron chi connectivity index (χ3n) is 3.84. The van der Waals surface area contributed by atoms with Gasteiger partial charge >= 0.3 is 0 Å².